The molecule has 0 saturated heterocycles. The van der Waals surface area contributed by atoms with Crippen molar-refractivity contribution < 1.29 is 9.53 Å². The molecule has 0 spiro atoms. The summed E-state index contributed by atoms with van der Waals surface area (Å²) in [5.74, 6) is 0.545. The van der Waals surface area contributed by atoms with Gasteiger partial charge in [-0.1, -0.05) is 49.4 Å². The van der Waals surface area contributed by atoms with Crippen molar-refractivity contribution in [2.24, 2.45) is 0 Å². The molecule has 1 heterocycles. The highest BCUT2D eigenvalue weighted by molar-refractivity contribution is 7.13. The van der Waals surface area contributed by atoms with Gasteiger partial charge in [-0.15, -0.1) is 11.3 Å². The summed E-state index contributed by atoms with van der Waals surface area (Å²) in [7, 11) is 0. The second kappa shape index (κ2) is 8.63. The number of rotatable bonds is 7. The summed E-state index contributed by atoms with van der Waals surface area (Å²) in [6.45, 7) is 4.25. The van der Waals surface area contributed by atoms with Gasteiger partial charge in [0.2, 0.25) is 0 Å². The van der Waals surface area contributed by atoms with Gasteiger partial charge < -0.3 is 10.1 Å². The Labute approximate surface area is 157 Å². The zero-order chi connectivity index (χ0) is 18.4. The predicted octanol–water partition coefficient (Wildman–Crippen LogP) is 4.46. The van der Waals surface area contributed by atoms with E-state index in [2.05, 4.69) is 17.2 Å². The van der Waals surface area contributed by atoms with Crippen LogP contribution >= 0.6 is 11.3 Å². The van der Waals surface area contributed by atoms with E-state index in [1.165, 1.54) is 5.56 Å². The number of aromatic nitrogens is 1. The van der Waals surface area contributed by atoms with E-state index in [9.17, 15) is 4.79 Å². The minimum absolute atomic E-state index is 0.154. The molecule has 3 aromatic rings. The van der Waals surface area contributed by atoms with Gasteiger partial charge in [0.1, 0.15) is 10.8 Å². The summed E-state index contributed by atoms with van der Waals surface area (Å²) < 4.78 is 5.71. The van der Waals surface area contributed by atoms with E-state index in [0.717, 1.165) is 22.7 Å². The molecule has 0 aliphatic heterocycles. The SMILES string of the molecule is CCc1ccc(O[C@@H](C)C(=O)NCc2csc(-c3ccccc3)n2)cc1. The van der Waals surface area contributed by atoms with E-state index in [4.69, 9.17) is 4.74 Å². The van der Waals surface area contributed by atoms with E-state index in [1.54, 1.807) is 18.3 Å². The van der Waals surface area contributed by atoms with Gasteiger partial charge in [-0.05, 0) is 31.0 Å². The fraction of sp³-hybridized carbons (Fsp3) is 0.238. The first-order valence-electron chi connectivity index (χ1n) is 8.69. The van der Waals surface area contributed by atoms with Crippen LogP contribution in [0.4, 0.5) is 0 Å². The molecule has 0 radical (unpaired) electrons. The third kappa shape index (κ3) is 4.70. The Morgan fingerprint density at radius 2 is 1.88 bits per heavy atom. The van der Waals surface area contributed by atoms with Gasteiger partial charge in [0.25, 0.3) is 5.91 Å². The molecule has 1 amide bonds. The molecule has 0 aliphatic carbocycles. The van der Waals surface area contributed by atoms with Crippen LogP contribution in [0.5, 0.6) is 5.75 Å². The normalized spacial score (nSPS) is 11.8. The molecule has 26 heavy (non-hydrogen) atoms. The number of nitrogens with one attached hydrogen (secondary N) is 1. The Morgan fingerprint density at radius 3 is 2.58 bits per heavy atom. The monoisotopic (exact) mass is 366 g/mol. The molecular formula is C21H22N2O2S. The molecule has 1 N–H and O–H groups in total. The predicted molar refractivity (Wildman–Crippen MR) is 105 cm³/mol. The largest absolute Gasteiger partial charge is 0.481 e. The molecular weight excluding hydrogens is 344 g/mol. The highest BCUT2D eigenvalue weighted by Crippen LogP contribution is 2.23. The van der Waals surface area contributed by atoms with Crippen LogP contribution < -0.4 is 10.1 Å². The van der Waals surface area contributed by atoms with Crippen LogP contribution in [0.2, 0.25) is 0 Å². The number of carbonyl (C=O) groups excluding carboxylic acids is 1. The van der Waals surface area contributed by atoms with Crippen molar-refractivity contribution in [2.45, 2.75) is 32.9 Å². The van der Waals surface area contributed by atoms with Gasteiger partial charge in [0.15, 0.2) is 6.10 Å². The van der Waals surface area contributed by atoms with Crippen LogP contribution in [0, 0.1) is 0 Å². The molecule has 0 saturated carbocycles. The molecule has 0 fully saturated rings. The summed E-state index contributed by atoms with van der Waals surface area (Å²) in [6.07, 6.45) is 0.421. The molecule has 1 aromatic heterocycles. The zero-order valence-electron chi connectivity index (χ0n) is 14.9. The zero-order valence-corrected chi connectivity index (χ0v) is 15.8. The van der Waals surface area contributed by atoms with E-state index >= 15 is 0 Å². The van der Waals surface area contributed by atoms with Crippen molar-refractivity contribution in [1.29, 1.82) is 0 Å². The second-order valence-corrected chi connectivity index (χ2v) is 6.84. The number of aryl methyl sites for hydroxylation is 1. The van der Waals surface area contributed by atoms with Crippen molar-refractivity contribution in [2.75, 3.05) is 0 Å². The maximum Gasteiger partial charge on any atom is 0.261 e. The first-order chi connectivity index (χ1) is 12.7. The fourth-order valence-electron chi connectivity index (χ4n) is 2.48. The second-order valence-electron chi connectivity index (χ2n) is 5.99. The van der Waals surface area contributed by atoms with Gasteiger partial charge in [0, 0.05) is 10.9 Å². The lowest BCUT2D eigenvalue weighted by Crippen LogP contribution is -2.35. The summed E-state index contributed by atoms with van der Waals surface area (Å²) in [6, 6.07) is 17.8. The van der Waals surface area contributed by atoms with Crippen LogP contribution in [-0.2, 0) is 17.8 Å². The molecule has 0 bridgehead atoms. The van der Waals surface area contributed by atoms with Crippen molar-refractivity contribution in [1.82, 2.24) is 10.3 Å². The van der Waals surface area contributed by atoms with Crippen LogP contribution in [0.25, 0.3) is 10.6 Å². The number of thiazole rings is 1. The smallest absolute Gasteiger partial charge is 0.261 e. The maximum absolute atomic E-state index is 12.3. The molecule has 0 aliphatic rings. The number of amides is 1. The Balaban J connectivity index is 1.52. The van der Waals surface area contributed by atoms with Crippen LogP contribution in [0.15, 0.2) is 60.0 Å². The fourth-order valence-corrected chi connectivity index (χ4v) is 3.31. The van der Waals surface area contributed by atoms with Crippen molar-refractivity contribution >= 4 is 17.2 Å². The summed E-state index contributed by atoms with van der Waals surface area (Å²) >= 11 is 1.58. The number of hydrogen-bond donors (Lipinski definition) is 1. The Kier molecular flexibility index (Phi) is 6.02. The van der Waals surface area contributed by atoms with E-state index in [0.29, 0.717) is 12.3 Å². The van der Waals surface area contributed by atoms with E-state index < -0.39 is 6.10 Å². The number of benzene rings is 2. The molecule has 2 aromatic carbocycles. The van der Waals surface area contributed by atoms with Gasteiger partial charge >= 0.3 is 0 Å². The van der Waals surface area contributed by atoms with Crippen molar-refractivity contribution in [3.05, 3.63) is 71.2 Å². The molecule has 0 unspecified atom stereocenters. The average molecular weight is 366 g/mol. The number of ether oxygens (including phenoxy) is 1. The first kappa shape index (κ1) is 18.1. The van der Waals surface area contributed by atoms with Crippen LogP contribution in [-0.4, -0.2) is 17.0 Å². The lowest BCUT2D eigenvalue weighted by molar-refractivity contribution is -0.127. The lowest BCUT2D eigenvalue weighted by atomic mass is 10.2. The number of carbonyl (C=O) groups is 1. The number of hydrogen-bond acceptors (Lipinski definition) is 4. The molecule has 134 valence electrons. The van der Waals surface area contributed by atoms with Crippen molar-refractivity contribution in [3.63, 3.8) is 0 Å². The topological polar surface area (TPSA) is 51.2 Å². The number of nitrogens with zero attached hydrogens (tertiary/aromatic N) is 1. The third-order valence-electron chi connectivity index (χ3n) is 4.03. The quantitative estimate of drug-likeness (QED) is 0.672. The minimum Gasteiger partial charge on any atom is -0.481 e. The van der Waals surface area contributed by atoms with Crippen molar-refractivity contribution in [3.8, 4) is 16.3 Å². The maximum atomic E-state index is 12.3. The Bertz CT molecular complexity index is 844. The highest BCUT2D eigenvalue weighted by atomic mass is 32.1. The summed E-state index contributed by atoms with van der Waals surface area (Å²) in [5, 5.41) is 5.81. The summed E-state index contributed by atoms with van der Waals surface area (Å²) in [5.41, 5.74) is 3.18. The van der Waals surface area contributed by atoms with E-state index in [-0.39, 0.29) is 5.91 Å². The van der Waals surface area contributed by atoms with E-state index in [1.807, 2.05) is 60.0 Å². The standard InChI is InChI=1S/C21H22N2O2S/c1-3-16-9-11-19(12-10-16)25-15(2)20(24)22-13-18-14-26-21(23-18)17-7-5-4-6-8-17/h4-12,14-15H,3,13H2,1-2H3,(H,22,24)/t15-/m0/s1. The third-order valence-corrected chi connectivity index (χ3v) is 4.97. The van der Waals surface area contributed by atoms with Gasteiger partial charge in [-0.25, -0.2) is 4.98 Å². The van der Waals surface area contributed by atoms with Crippen LogP contribution in [0.3, 0.4) is 0 Å². The molecule has 5 heteroatoms. The Morgan fingerprint density at radius 1 is 1.15 bits per heavy atom. The minimum atomic E-state index is -0.560. The highest BCUT2D eigenvalue weighted by Gasteiger charge is 2.15. The van der Waals surface area contributed by atoms with Crippen LogP contribution in [0.1, 0.15) is 25.1 Å². The van der Waals surface area contributed by atoms with Gasteiger partial charge in [-0.2, -0.15) is 0 Å². The van der Waals surface area contributed by atoms with Gasteiger partial charge in [0.05, 0.1) is 12.2 Å². The molecule has 4 nitrogen and oxygen atoms in total. The van der Waals surface area contributed by atoms with Gasteiger partial charge in [-0.3, -0.25) is 4.79 Å². The average Bonchev–Trinajstić information content (AvgIpc) is 3.16. The Hall–Kier alpha value is -2.66. The first-order valence-corrected chi connectivity index (χ1v) is 9.57. The molecule has 1 atom stereocenters. The summed E-state index contributed by atoms with van der Waals surface area (Å²) in [4.78, 5) is 16.8. The molecule has 3 rings (SSSR count). The lowest BCUT2D eigenvalue weighted by Gasteiger charge is -2.14.